The predicted octanol–water partition coefficient (Wildman–Crippen LogP) is 2.61. The molecule has 31 heavy (non-hydrogen) atoms. The molecule has 0 saturated carbocycles. The first-order valence-electron chi connectivity index (χ1n) is 10.0. The highest BCUT2D eigenvalue weighted by Gasteiger charge is 2.25. The van der Waals surface area contributed by atoms with Crippen LogP contribution >= 0.6 is 0 Å². The second-order valence-electron chi connectivity index (χ2n) is 7.27. The average Bonchev–Trinajstić information content (AvgIpc) is 2.84. The van der Waals surface area contributed by atoms with Crippen molar-refractivity contribution in [3.63, 3.8) is 0 Å². The summed E-state index contributed by atoms with van der Waals surface area (Å²) in [7, 11) is 0. The van der Waals surface area contributed by atoms with Gasteiger partial charge >= 0.3 is 0 Å². The Bertz CT molecular complexity index is 1280. The highest BCUT2D eigenvalue weighted by molar-refractivity contribution is 5.93. The molecule has 4 heterocycles. The third-order valence-corrected chi connectivity index (χ3v) is 5.34. The summed E-state index contributed by atoms with van der Waals surface area (Å²) < 4.78 is 5.69. The van der Waals surface area contributed by atoms with Crippen molar-refractivity contribution in [1.82, 2.24) is 20.1 Å². The number of fused-ring (bicyclic) bond motifs is 1. The van der Waals surface area contributed by atoms with Crippen molar-refractivity contribution in [1.29, 1.82) is 0 Å². The van der Waals surface area contributed by atoms with Gasteiger partial charge in [0.1, 0.15) is 5.58 Å². The zero-order valence-electron chi connectivity index (χ0n) is 16.6. The quantitative estimate of drug-likeness (QED) is 0.510. The number of piperazine rings is 1. The molecule has 1 fully saturated rings. The van der Waals surface area contributed by atoms with E-state index in [-0.39, 0.29) is 17.1 Å². The lowest BCUT2D eigenvalue weighted by molar-refractivity contribution is 0.0715. The molecule has 1 saturated heterocycles. The summed E-state index contributed by atoms with van der Waals surface area (Å²) in [5.74, 6) is 0.551. The van der Waals surface area contributed by atoms with Crippen LogP contribution in [0.1, 0.15) is 10.6 Å². The van der Waals surface area contributed by atoms with E-state index in [1.165, 1.54) is 6.07 Å². The molecule has 1 aromatic carbocycles. The summed E-state index contributed by atoms with van der Waals surface area (Å²) in [6.07, 6.45) is 3.47. The van der Waals surface area contributed by atoms with E-state index in [0.29, 0.717) is 37.1 Å². The fraction of sp³-hybridized carbons (Fsp3) is 0.174. The Morgan fingerprint density at radius 1 is 0.935 bits per heavy atom. The van der Waals surface area contributed by atoms with Crippen LogP contribution in [0.2, 0.25) is 0 Å². The first kappa shape index (κ1) is 18.9. The number of aromatic nitrogens is 3. The molecule has 0 aliphatic carbocycles. The Morgan fingerprint density at radius 3 is 2.52 bits per heavy atom. The second kappa shape index (κ2) is 7.98. The molecule has 0 atom stereocenters. The van der Waals surface area contributed by atoms with Gasteiger partial charge in [-0.25, -0.2) is 0 Å². The highest BCUT2D eigenvalue weighted by atomic mass is 16.3. The second-order valence-corrected chi connectivity index (χ2v) is 7.27. The normalized spacial score (nSPS) is 14.1. The number of carbonyl (C=O) groups excluding carboxylic acids is 1. The van der Waals surface area contributed by atoms with Crippen LogP contribution in [-0.2, 0) is 0 Å². The molecular formula is C23H19N5O3. The summed E-state index contributed by atoms with van der Waals surface area (Å²) >= 11 is 0. The molecule has 154 valence electrons. The van der Waals surface area contributed by atoms with Crippen molar-refractivity contribution >= 4 is 22.7 Å². The maximum absolute atomic E-state index is 12.9. The van der Waals surface area contributed by atoms with Crippen LogP contribution in [0.4, 0.5) is 5.82 Å². The lowest BCUT2D eigenvalue weighted by atomic mass is 10.2. The first-order chi connectivity index (χ1) is 15.2. The Morgan fingerprint density at radius 2 is 1.77 bits per heavy atom. The lowest BCUT2D eigenvalue weighted by Crippen LogP contribution is -2.49. The molecule has 1 amide bonds. The first-order valence-corrected chi connectivity index (χ1v) is 10.0. The number of anilines is 1. The molecule has 0 N–H and O–H groups in total. The number of pyridine rings is 1. The zero-order valence-corrected chi connectivity index (χ0v) is 16.6. The molecule has 8 heteroatoms. The van der Waals surface area contributed by atoms with Gasteiger partial charge in [-0.15, -0.1) is 10.2 Å². The molecule has 0 bridgehead atoms. The SMILES string of the molecule is O=C(c1cc(=O)c2ccccc2o1)N1CCN(c2ccc(-c3cccnc3)nn2)CC1. The Kier molecular flexibility index (Phi) is 4.87. The topological polar surface area (TPSA) is 92.4 Å². The lowest BCUT2D eigenvalue weighted by Gasteiger charge is -2.34. The maximum Gasteiger partial charge on any atom is 0.289 e. The van der Waals surface area contributed by atoms with Gasteiger partial charge in [0.25, 0.3) is 5.91 Å². The number of nitrogens with zero attached hydrogens (tertiary/aromatic N) is 5. The van der Waals surface area contributed by atoms with Crippen LogP contribution < -0.4 is 10.3 Å². The van der Waals surface area contributed by atoms with Gasteiger partial charge in [-0.1, -0.05) is 12.1 Å². The molecule has 1 aliphatic heterocycles. The number of hydrogen-bond donors (Lipinski definition) is 0. The summed E-state index contributed by atoms with van der Waals surface area (Å²) in [6, 6.07) is 15.8. The van der Waals surface area contributed by atoms with Gasteiger partial charge in [-0.2, -0.15) is 0 Å². The van der Waals surface area contributed by atoms with Crippen molar-refractivity contribution in [2.24, 2.45) is 0 Å². The van der Waals surface area contributed by atoms with Gasteiger partial charge in [0.2, 0.25) is 0 Å². The predicted molar refractivity (Wildman–Crippen MR) is 116 cm³/mol. The number of para-hydroxylation sites is 1. The van der Waals surface area contributed by atoms with Crippen molar-refractivity contribution in [2.75, 3.05) is 31.1 Å². The van der Waals surface area contributed by atoms with Gasteiger partial charge in [-0.3, -0.25) is 14.6 Å². The number of rotatable bonds is 3. The standard InChI is InChI=1S/C23H19N5O3/c29-19-14-21(31-20-6-2-1-5-17(19)20)23(30)28-12-10-27(11-13-28)22-8-7-18(25-26-22)16-4-3-9-24-15-16/h1-9,14-15H,10-13H2. The molecule has 0 spiro atoms. The molecule has 4 aromatic rings. The van der Waals surface area contributed by atoms with Crippen molar-refractivity contribution in [3.05, 3.63) is 83.0 Å². The molecule has 5 rings (SSSR count). The van der Waals surface area contributed by atoms with E-state index >= 15 is 0 Å². The molecule has 3 aromatic heterocycles. The average molecular weight is 413 g/mol. The number of amides is 1. The number of hydrogen-bond acceptors (Lipinski definition) is 7. The Hall–Kier alpha value is -4.07. The summed E-state index contributed by atoms with van der Waals surface area (Å²) in [4.78, 5) is 33.1. The van der Waals surface area contributed by atoms with Crippen LogP contribution in [0.3, 0.4) is 0 Å². The van der Waals surface area contributed by atoms with Crippen LogP contribution in [0.15, 0.2) is 76.2 Å². The van der Waals surface area contributed by atoms with Gasteiger partial charge in [0.05, 0.1) is 11.1 Å². The van der Waals surface area contributed by atoms with Crippen molar-refractivity contribution in [3.8, 4) is 11.3 Å². The fourth-order valence-corrected chi connectivity index (χ4v) is 3.67. The summed E-state index contributed by atoms with van der Waals surface area (Å²) in [6.45, 7) is 2.23. The van der Waals surface area contributed by atoms with E-state index < -0.39 is 0 Å². The largest absolute Gasteiger partial charge is 0.451 e. The zero-order chi connectivity index (χ0) is 21.2. The fourth-order valence-electron chi connectivity index (χ4n) is 3.67. The summed E-state index contributed by atoms with van der Waals surface area (Å²) in [5.41, 5.74) is 1.87. The van der Waals surface area contributed by atoms with E-state index in [2.05, 4.69) is 20.1 Å². The van der Waals surface area contributed by atoms with Crippen molar-refractivity contribution in [2.45, 2.75) is 0 Å². The van der Waals surface area contributed by atoms with E-state index in [1.54, 1.807) is 41.6 Å². The van der Waals surface area contributed by atoms with E-state index in [1.807, 2.05) is 24.3 Å². The smallest absolute Gasteiger partial charge is 0.289 e. The minimum absolute atomic E-state index is 0.0674. The van der Waals surface area contributed by atoms with Gasteiger partial charge in [0, 0.05) is 50.2 Å². The Balaban J connectivity index is 1.27. The third-order valence-electron chi connectivity index (χ3n) is 5.34. The van der Waals surface area contributed by atoms with Gasteiger partial charge < -0.3 is 14.2 Å². The molecule has 0 unspecified atom stereocenters. The monoisotopic (exact) mass is 413 g/mol. The van der Waals surface area contributed by atoms with E-state index in [9.17, 15) is 9.59 Å². The maximum atomic E-state index is 12.9. The van der Waals surface area contributed by atoms with Crippen LogP contribution in [0.25, 0.3) is 22.2 Å². The number of carbonyl (C=O) groups is 1. The van der Waals surface area contributed by atoms with Crippen LogP contribution in [-0.4, -0.2) is 52.2 Å². The highest BCUT2D eigenvalue weighted by Crippen LogP contribution is 2.19. The minimum Gasteiger partial charge on any atom is -0.451 e. The minimum atomic E-state index is -0.277. The Labute approximate surface area is 177 Å². The molecule has 8 nitrogen and oxygen atoms in total. The van der Waals surface area contributed by atoms with Gasteiger partial charge in [0.15, 0.2) is 17.0 Å². The van der Waals surface area contributed by atoms with Crippen molar-refractivity contribution < 1.29 is 9.21 Å². The van der Waals surface area contributed by atoms with E-state index in [0.717, 1.165) is 17.1 Å². The van der Waals surface area contributed by atoms with Crippen LogP contribution in [0, 0.1) is 0 Å². The molecular weight excluding hydrogens is 394 g/mol. The van der Waals surface area contributed by atoms with Crippen LogP contribution in [0.5, 0.6) is 0 Å². The summed E-state index contributed by atoms with van der Waals surface area (Å²) in [5, 5.41) is 9.11. The molecule has 1 aliphatic rings. The molecule has 0 radical (unpaired) electrons. The third kappa shape index (κ3) is 3.75. The van der Waals surface area contributed by atoms with Gasteiger partial charge in [-0.05, 0) is 36.4 Å². The van der Waals surface area contributed by atoms with E-state index in [4.69, 9.17) is 4.42 Å². The number of benzene rings is 1.